The first kappa shape index (κ1) is 10.9. The minimum absolute atomic E-state index is 0.568. The number of alkyl halides is 3. The van der Waals surface area contributed by atoms with E-state index in [9.17, 15) is 0 Å². The van der Waals surface area contributed by atoms with Gasteiger partial charge in [0.25, 0.3) is 0 Å². The SMILES string of the molecule is Cl/C=C/CCCC(Cl)(Cl)Cl. The average Bonchev–Trinajstić information content (AvgIpc) is 1.78. The molecule has 0 nitrogen and oxygen atoms in total. The number of halogens is 4. The second kappa shape index (κ2) is 5.54. The van der Waals surface area contributed by atoms with Crippen molar-refractivity contribution < 1.29 is 0 Å². The molecule has 0 atom stereocenters. The highest BCUT2D eigenvalue weighted by Crippen LogP contribution is 2.31. The van der Waals surface area contributed by atoms with E-state index in [1.54, 1.807) is 0 Å². The molecule has 60 valence electrons. The molecule has 0 rings (SSSR count). The zero-order chi connectivity index (χ0) is 8.04. The molecule has 10 heavy (non-hydrogen) atoms. The van der Waals surface area contributed by atoms with Crippen LogP contribution >= 0.6 is 46.4 Å². The van der Waals surface area contributed by atoms with Crippen LogP contribution in [0, 0.1) is 0 Å². The summed E-state index contributed by atoms with van der Waals surface area (Å²) >= 11 is 21.7. The van der Waals surface area contributed by atoms with E-state index >= 15 is 0 Å². The highest BCUT2D eigenvalue weighted by molar-refractivity contribution is 6.67. The maximum atomic E-state index is 5.49. The molecule has 0 N–H and O–H groups in total. The van der Waals surface area contributed by atoms with Crippen LogP contribution in [0.25, 0.3) is 0 Å². The lowest BCUT2D eigenvalue weighted by Crippen LogP contribution is -2.00. The monoisotopic (exact) mass is 220 g/mol. The van der Waals surface area contributed by atoms with Crippen LogP contribution in [0.1, 0.15) is 19.3 Å². The van der Waals surface area contributed by atoms with Gasteiger partial charge in [0.1, 0.15) is 0 Å². The third kappa shape index (κ3) is 8.90. The Morgan fingerprint density at radius 2 is 1.80 bits per heavy atom. The Morgan fingerprint density at radius 3 is 2.20 bits per heavy atom. The van der Waals surface area contributed by atoms with Crippen molar-refractivity contribution in [1.82, 2.24) is 0 Å². The predicted octanol–water partition coefficient (Wildman–Crippen LogP) is 4.28. The molecule has 0 aliphatic rings. The molecule has 0 saturated heterocycles. The first-order valence-electron chi connectivity index (χ1n) is 2.88. The average molecular weight is 222 g/mol. The molecule has 0 aliphatic carbocycles. The summed E-state index contributed by atoms with van der Waals surface area (Å²) in [6, 6.07) is 0. The van der Waals surface area contributed by atoms with Crippen molar-refractivity contribution in [2.45, 2.75) is 23.1 Å². The first-order chi connectivity index (χ1) is 4.56. The maximum absolute atomic E-state index is 5.49. The van der Waals surface area contributed by atoms with Crippen molar-refractivity contribution in [2.75, 3.05) is 0 Å². The van der Waals surface area contributed by atoms with Crippen molar-refractivity contribution in [3.05, 3.63) is 11.6 Å². The second-order valence-electron chi connectivity index (χ2n) is 1.87. The van der Waals surface area contributed by atoms with E-state index in [1.165, 1.54) is 5.54 Å². The van der Waals surface area contributed by atoms with Crippen LogP contribution in [0.2, 0.25) is 0 Å². The van der Waals surface area contributed by atoms with Crippen LogP contribution in [-0.4, -0.2) is 3.79 Å². The maximum Gasteiger partial charge on any atom is 0.190 e. The lowest BCUT2D eigenvalue weighted by Gasteiger charge is -2.07. The molecule has 0 heterocycles. The summed E-state index contributed by atoms with van der Waals surface area (Å²) in [4.78, 5) is 0. The molecule has 0 bridgehead atoms. The molecule has 0 aromatic carbocycles. The molecular weight excluding hydrogens is 214 g/mol. The van der Waals surface area contributed by atoms with Gasteiger partial charge in [-0.1, -0.05) is 52.5 Å². The van der Waals surface area contributed by atoms with Gasteiger partial charge in [-0.15, -0.1) is 0 Å². The van der Waals surface area contributed by atoms with Crippen molar-refractivity contribution >= 4 is 46.4 Å². The highest BCUT2D eigenvalue weighted by atomic mass is 35.6. The van der Waals surface area contributed by atoms with E-state index in [0.717, 1.165) is 12.8 Å². The summed E-state index contributed by atoms with van der Waals surface area (Å²) in [5.41, 5.74) is 1.47. The molecule has 0 saturated carbocycles. The van der Waals surface area contributed by atoms with Gasteiger partial charge in [0.15, 0.2) is 3.79 Å². The number of hydrogen-bond acceptors (Lipinski definition) is 0. The van der Waals surface area contributed by atoms with Gasteiger partial charge in [-0.3, -0.25) is 0 Å². The summed E-state index contributed by atoms with van der Waals surface area (Å²) < 4.78 is -1.11. The van der Waals surface area contributed by atoms with E-state index in [0.29, 0.717) is 6.42 Å². The largest absolute Gasteiger partial charge is 0.190 e. The normalized spacial score (nSPS) is 12.8. The molecule has 0 spiro atoms. The van der Waals surface area contributed by atoms with Gasteiger partial charge in [-0.2, -0.15) is 0 Å². The number of hydrogen-bond donors (Lipinski definition) is 0. The Hall–Kier alpha value is 0.900. The van der Waals surface area contributed by atoms with Crippen LogP contribution in [0.4, 0.5) is 0 Å². The molecule has 0 aliphatic heterocycles. The molecule has 0 aromatic heterocycles. The summed E-state index contributed by atoms with van der Waals surface area (Å²) in [7, 11) is 0. The smallest absolute Gasteiger partial charge is 0.0933 e. The molecule has 0 aromatic rings. The molecule has 0 unspecified atom stereocenters. The fraction of sp³-hybridized carbons (Fsp3) is 0.667. The van der Waals surface area contributed by atoms with Crippen LogP contribution in [-0.2, 0) is 0 Å². The fourth-order valence-electron chi connectivity index (χ4n) is 0.483. The lowest BCUT2D eigenvalue weighted by atomic mass is 10.2. The summed E-state index contributed by atoms with van der Waals surface area (Å²) in [5, 5.41) is 0. The zero-order valence-corrected chi connectivity index (χ0v) is 8.31. The van der Waals surface area contributed by atoms with Crippen LogP contribution in [0.5, 0.6) is 0 Å². The van der Waals surface area contributed by atoms with Crippen LogP contribution in [0.15, 0.2) is 11.6 Å². The zero-order valence-electron chi connectivity index (χ0n) is 5.29. The molecule has 4 heteroatoms. The topological polar surface area (TPSA) is 0 Å². The fourth-order valence-corrected chi connectivity index (χ4v) is 1.01. The van der Waals surface area contributed by atoms with Gasteiger partial charge in [0.2, 0.25) is 0 Å². The van der Waals surface area contributed by atoms with Crippen molar-refractivity contribution in [3.8, 4) is 0 Å². The van der Waals surface area contributed by atoms with Gasteiger partial charge in [-0.25, -0.2) is 0 Å². The van der Waals surface area contributed by atoms with E-state index in [2.05, 4.69) is 0 Å². The molecule has 0 fully saturated rings. The number of allylic oxidation sites excluding steroid dienone is 1. The van der Waals surface area contributed by atoms with Crippen molar-refractivity contribution in [2.24, 2.45) is 0 Å². The van der Waals surface area contributed by atoms with E-state index in [1.807, 2.05) is 6.08 Å². The second-order valence-corrected chi connectivity index (χ2v) is 4.64. The van der Waals surface area contributed by atoms with E-state index in [-0.39, 0.29) is 0 Å². The standard InChI is InChI=1S/C6H8Cl4/c7-5-3-1-2-4-6(8,9)10/h3,5H,1-2,4H2/b5-3+. The Balaban J connectivity index is 3.20. The Morgan fingerprint density at radius 1 is 1.20 bits per heavy atom. The third-order valence-corrected chi connectivity index (χ3v) is 1.67. The molecule has 0 amide bonds. The quantitative estimate of drug-likeness (QED) is 0.493. The van der Waals surface area contributed by atoms with Crippen LogP contribution < -0.4 is 0 Å². The highest BCUT2D eigenvalue weighted by Gasteiger charge is 2.17. The van der Waals surface area contributed by atoms with Crippen molar-refractivity contribution in [1.29, 1.82) is 0 Å². The Labute approximate surface area is 81.1 Å². The molecule has 0 radical (unpaired) electrons. The van der Waals surface area contributed by atoms with E-state index in [4.69, 9.17) is 46.4 Å². The van der Waals surface area contributed by atoms with Gasteiger partial charge in [0, 0.05) is 5.54 Å². The first-order valence-corrected chi connectivity index (χ1v) is 4.45. The van der Waals surface area contributed by atoms with Gasteiger partial charge in [0.05, 0.1) is 0 Å². The minimum atomic E-state index is -1.11. The van der Waals surface area contributed by atoms with Gasteiger partial charge < -0.3 is 0 Å². The predicted molar refractivity (Wildman–Crippen MR) is 49.1 cm³/mol. The number of rotatable bonds is 3. The van der Waals surface area contributed by atoms with Crippen molar-refractivity contribution in [3.63, 3.8) is 0 Å². The van der Waals surface area contributed by atoms with E-state index < -0.39 is 3.79 Å². The Kier molecular flexibility index (Phi) is 6.04. The van der Waals surface area contributed by atoms with Crippen LogP contribution in [0.3, 0.4) is 0 Å². The number of unbranched alkanes of at least 4 members (excludes halogenated alkanes) is 1. The summed E-state index contributed by atoms with van der Waals surface area (Å²) in [5.74, 6) is 0. The third-order valence-electron chi connectivity index (χ3n) is 0.920. The molecular formula is C6H8Cl4. The summed E-state index contributed by atoms with van der Waals surface area (Å²) in [6.07, 6.45) is 4.11. The summed E-state index contributed by atoms with van der Waals surface area (Å²) in [6.45, 7) is 0. The minimum Gasteiger partial charge on any atom is -0.0933 e. The van der Waals surface area contributed by atoms with Gasteiger partial charge in [-0.05, 0) is 19.3 Å². The van der Waals surface area contributed by atoms with Gasteiger partial charge >= 0.3 is 0 Å². The Bertz CT molecular complexity index is 103. The lowest BCUT2D eigenvalue weighted by molar-refractivity contribution is 0.768.